The molecular formula is C36H60O8. The summed E-state index contributed by atoms with van der Waals surface area (Å²) in [6, 6.07) is 0. The number of rotatable bonds is 4. The zero-order valence-corrected chi connectivity index (χ0v) is 28.1. The molecule has 0 aromatic rings. The largest absolute Gasteiger partial charge is 0.396 e. The maximum Gasteiger partial charge on any atom is 0.186 e. The molecule has 0 aromatic heterocycles. The zero-order valence-electron chi connectivity index (χ0n) is 28.1. The molecule has 252 valence electrons. The first-order chi connectivity index (χ1) is 20.4. The number of aliphatic hydroxyl groups excluding tert-OH is 6. The summed E-state index contributed by atoms with van der Waals surface area (Å²) >= 11 is 0. The van der Waals surface area contributed by atoms with E-state index >= 15 is 0 Å². The van der Waals surface area contributed by atoms with Crippen molar-refractivity contribution in [3.8, 4) is 0 Å². The van der Waals surface area contributed by atoms with Crippen LogP contribution in [0.15, 0.2) is 11.6 Å². The minimum atomic E-state index is -1.45. The van der Waals surface area contributed by atoms with Crippen LogP contribution in [-0.2, 0) is 9.47 Å². The third-order valence-electron chi connectivity index (χ3n) is 15.4. The van der Waals surface area contributed by atoms with Crippen molar-refractivity contribution in [3.05, 3.63) is 11.6 Å². The molecule has 0 amide bonds. The van der Waals surface area contributed by atoms with E-state index in [9.17, 15) is 30.6 Å². The van der Waals surface area contributed by atoms with E-state index in [-0.39, 0.29) is 39.8 Å². The van der Waals surface area contributed by atoms with E-state index in [1.54, 1.807) is 5.57 Å². The Morgan fingerprint density at radius 3 is 2.16 bits per heavy atom. The quantitative estimate of drug-likeness (QED) is 0.260. The van der Waals surface area contributed by atoms with Gasteiger partial charge in [-0.25, -0.2) is 0 Å². The molecule has 44 heavy (non-hydrogen) atoms. The highest BCUT2D eigenvalue weighted by atomic mass is 16.7. The molecule has 6 rings (SSSR count). The lowest BCUT2D eigenvalue weighted by molar-refractivity contribution is -0.328. The highest BCUT2D eigenvalue weighted by Gasteiger charge is 2.69. The van der Waals surface area contributed by atoms with Crippen LogP contribution in [0.3, 0.4) is 0 Å². The molecule has 0 spiro atoms. The third kappa shape index (κ3) is 4.44. The van der Waals surface area contributed by atoms with Gasteiger partial charge in [-0.1, -0.05) is 60.1 Å². The predicted octanol–water partition coefficient (Wildman–Crippen LogP) is 3.94. The molecule has 8 heteroatoms. The van der Waals surface area contributed by atoms with Gasteiger partial charge in [-0.05, 0) is 97.2 Å². The first kappa shape index (κ1) is 33.3. The van der Waals surface area contributed by atoms with Gasteiger partial charge in [0, 0.05) is 10.8 Å². The van der Waals surface area contributed by atoms with Crippen LogP contribution in [0.25, 0.3) is 0 Å². The van der Waals surface area contributed by atoms with E-state index in [1.165, 1.54) is 0 Å². The first-order valence-electron chi connectivity index (χ1n) is 17.4. The second-order valence-electron chi connectivity index (χ2n) is 18.0. The summed E-state index contributed by atoms with van der Waals surface area (Å²) in [5, 5.41) is 63.1. The van der Waals surface area contributed by atoms with Gasteiger partial charge in [0.15, 0.2) is 6.29 Å². The number of fused-ring (bicyclic) bond motifs is 7. The van der Waals surface area contributed by atoms with Gasteiger partial charge < -0.3 is 40.1 Å². The van der Waals surface area contributed by atoms with Crippen LogP contribution in [0.1, 0.15) is 106 Å². The van der Waals surface area contributed by atoms with Crippen molar-refractivity contribution in [3.63, 3.8) is 0 Å². The summed E-state index contributed by atoms with van der Waals surface area (Å²) in [6.45, 7) is 16.1. The lowest BCUT2D eigenvalue weighted by Crippen LogP contribution is -2.66. The average Bonchev–Trinajstić information content (AvgIpc) is 2.96. The zero-order chi connectivity index (χ0) is 32.3. The number of allylic oxidation sites excluding steroid dienone is 2. The summed E-state index contributed by atoms with van der Waals surface area (Å²) < 4.78 is 12.5. The van der Waals surface area contributed by atoms with Crippen LogP contribution in [0.4, 0.5) is 0 Å². The minimum Gasteiger partial charge on any atom is -0.396 e. The average molecular weight is 621 g/mol. The summed E-state index contributed by atoms with van der Waals surface area (Å²) in [4.78, 5) is 0. The Morgan fingerprint density at radius 2 is 1.50 bits per heavy atom. The van der Waals surface area contributed by atoms with Gasteiger partial charge in [-0.15, -0.1) is 0 Å². The number of hydrogen-bond donors (Lipinski definition) is 6. The Balaban J connectivity index is 1.34. The van der Waals surface area contributed by atoms with Gasteiger partial charge >= 0.3 is 0 Å². The Labute approximate surface area is 264 Å². The molecule has 0 bridgehead atoms. The minimum absolute atomic E-state index is 0.0147. The van der Waals surface area contributed by atoms with Crippen molar-refractivity contribution in [1.82, 2.24) is 0 Å². The standard InChI is InChI=1S/C36H60O8/c1-31(2)16-21-20-8-9-24-33(4)12-11-25(39)34(5,19-38)23(33)10-13-36(24,7)35(20,6)15-14-32(21,3)26(17-31)44-30-29(42)28(41)27(40)22(18-37)43-30/h8,21-30,37-42H,9-19H2,1-7H3. The van der Waals surface area contributed by atoms with Crippen LogP contribution >= 0.6 is 0 Å². The number of aliphatic hydroxyl groups is 6. The maximum atomic E-state index is 11.1. The predicted molar refractivity (Wildman–Crippen MR) is 166 cm³/mol. The molecule has 0 aromatic carbocycles. The molecule has 6 N–H and O–H groups in total. The SMILES string of the molecule is CC1(C)CC(OC2OC(CO)C(O)C(O)C2O)C2(C)CCC3(C)C(=CCC4C5(C)CCC(O)C(C)(CO)C5CCC43C)C2C1. The Hall–Kier alpha value is -0.580. The molecule has 6 aliphatic rings. The molecule has 1 heterocycles. The van der Waals surface area contributed by atoms with E-state index in [4.69, 9.17) is 9.47 Å². The van der Waals surface area contributed by atoms with E-state index in [2.05, 4.69) is 54.5 Å². The number of ether oxygens (including phenoxy) is 2. The van der Waals surface area contributed by atoms with Crippen LogP contribution in [-0.4, -0.2) is 86.8 Å². The summed E-state index contributed by atoms with van der Waals surface area (Å²) in [6.07, 6.45) is 4.22. The third-order valence-corrected chi connectivity index (χ3v) is 15.4. The van der Waals surface area contributed by atoms with Crippen molar-refractivity contribution in [2.24, 2.45) is 50.2 Å². The molecule has 1 saturated heterocycles. The van der Waals surface area contributed by atoms with Gasteiger partial charge in [-0.2, -0.15) is 0 Å². The lowest BCUT2D eigenvalue weighted by Gasteiger charge is -2.72. The van der Waals surface area contributed by atoms with Gasteiger partial charge in [0.2, 0.25) is 0 Å². The highest BCUT2D eigenvalue weighted by Crippen LogP contribution is 2.75. The van der Waals surface area contributed by atoms with Gasteiger partial charge in [0.25, 0.3) is 0 Å². The molecule has 5 aliphatic carbocycles. The monoisotopic (exact) mass is 620 g/mol. The van der Waals surface area contributed by atoms with Crippen LogP contribution in [0.5, 0.6) is 0 Å². The molecular weight excluding hydrogens is 560 g/mol. The Morgan fingerprint density at radius 1 is 0.795 bits per heavy atom. The Bertz CT molecular complexity index is 1140. The van der Waals surface area contributed by atoms with Gasteiger partial charge in [0.05, 0.1) is 25.4 Å². The fraction of sp³-hybridized carbons (Fsp3) is 0.944. The van der Waals surface area contributed by atoms with Crippen molar-refractivity contribution in [2.75, 3.05) is 13.2 Å². The van der Waals surface area contributed by atoms with E-state index in [0.29, 0.717) is 17.8 Å². The molecule has 0 radical (unpaired) electrons. The van der Waals surface area contributed by atoms with Gasteiger partial charge in [0.1, 0.15) is 24.4 Å². The molecule has 15 unspecified atom stereocenters. The fourth-order valence-corrected chi connectivity index (χ4v) is 12.2. The highest BCUT2D eigenvalue weighted by molar-refractivity contribution is 5.34. The molecule has 15 atom stereocenters. The van der Waals surface area contributed by atoms with Crippen LogP contribution in [0.2, 0.25) is 0 Å². The summed E-state index contributed by atoms with van der Waals surface area (Å²) in [5.74, 6) is 1.06. The van der Waals surface area contributed by atoms with Crippen LogP contribution < -0.4 is 0 Å². The molecule has 8 nitrogen and oxygen atoms in total. The molecule has 5 fully saturated rings. The maximum absolute atomic E-state index is 11.1. The second-order valence-corrected chi connectivity index (χ2v) is 18.0. The van der Waals surface area contributed by atoms with E-state index < -0.39 is 48.8 Å². The fourth-order valence-electron chi connectivity index (χ4n) is 12.2. The molecule has 4 saturated carbocycles. The normalized spacial score (nSPS) is 56.9. The van der Waals surface area contributed by atoms with E-state index in [1.807, 2.05) is 0 Å². The van der Waals surface area contributed by atoms with E-state index in [0.717, 1.165) is 57.8 Å². The Kier molecular flexibility index (Phi) is 8.11. The van der Waals surface area contributed by atoms with Gasteiger partial charge in [-0.3, -0.25) is 0 Å². The van der Waals surface area contributed by atoms with Crippen molar-refractivity contribution >= 4 is 0 Å². The smallest absolute Gasteiger partial charge is 0.186 e. The first-order valence-corrected chi connectivity index (χ1v) is 17.4. The topological polar surface area (TPSA) is 140 Å². The number of hydrogen-bond acceptors (Lipinski definition) is 8. The summed E-state index contributed by atoms with van der Waals surface area (Å²) in [7, 11) is 0. The second kappa shape index (κ2) is 10.7. The lowest BCUT2D eigenvalue weighted by atomic mass is 9.33. The summed E-state index contributed by atoms with van der Waals surface area (Å²) in [5.41, 5.74) is 1.03. The van der Waals surface area contributed by atoms with Crippen molar-refractivity contribution < 1.29 is 40.1 Å². The molecule has 1 aliphatic heterocycles. The van der Waals surface area contributed by atoms with Crippen molar-refractivity contribution in [2.45, 2.75) is 149 Å². The van der Waals surface area contributed by atoms with Crippen molar-refractivity contribution in [1.29, 1.82) is 0 Å². The van der Waals surface area contributed by atoms with Crippen LogP contribution in [0, 0.1) is 50.2 Å².